The summed E-state index contributed by atoms with van der Waals surface area (Å²) >= 11 is 0. The number of aromatic nitrogens is 1. The van der Waals surface area contributed by atoms with Crippen LogP contribution in [0.3, 0.4) is 0 Å². The smallest absolute Gasteiger partial charge is 0.130 e. The minimum Gasteiger partial charge on any atom is -0.487 e. The molecular formula is C17H21FN2O. The number of rotatable bonds is 6. The summed E-state index contributed by atoms with van der Waals surface area (Å²) in [5.74, 6) is 0.210. The molecule has 0 aliphatic heterocycles. The molecule has 0 spiro atoms. The van der Waals surface area contributed by atoms with E-state index in [1.165, 1.54) is 12.1 Å². The lowest BCUT2D eigenvalue weighted by molar-refractivity contribution is 0.298. The molecule has 4 heteroatoms. The number of aryl methyl sites for hydroxylation is 1. The standard InChI is InChI=1S/C17H21FN2O/c1-3-15(19)8-13-7-14(18)10-16(9-13)21-11-17-12(2)5-4-6-20-17/h4-7,9-10,15H,3,8,11,19H2,1-2H3. The lowest BCUT2D eigenvalue weighted by Gasteiger charge is -2.12. The van der Waals surface area contributed by atoms with E-state index >= 15 is 0 Å². The van der Waals surface area contributed by atoms with Crippen LogP contribution in [0.1, 0.15) is 30.2 Å². The highest BCUT2D eigenvalue weighted by molar-refractivity contribution is 5.30. The van der Waals surface area contributed by atoms with Crippen molar-refractivity contribution in [3.05, 3.63) is 59.2 Å². The van der Waals surface area contributed by atoms with E-state index in [1.54, 1.807) is 6.20 Å². The van der Waals surface area contributed by atoms with Crippen LogP contribution < -0.4 is 10.5 Å². The maximum Gasteiger partial charge on any atom is 0.130 e. The van der Waals surface area contributed by atoms with Crippen LogP contribution in [0.2, 0.25) is 0 Å². The highest BCUT2D eigenvalue weighted by Crippen LogP contribution is 2.19. The molecule has 3 nitrogen and oxygen atoms in total. The second-order valence-electron chi connectivity index (χ2n) is 5.22. The molecule has 112 valence electrons. The van der Waals surface area contributed by atoms with Crippen molar-refractivity contribution in [2.75, 3.05) is 0 Å². The number of nitrogens with two attached hydrogens (primary N) is 1. The Morgan fingerprint density at radius 1 is 1.33 bits per heavy atom. The summed E-state index contributed by atoms with van der Waals surface area (Å²) in [4.78, 5) is 4.26. The van der Waals surface area contributed by atoms with E-state index in [4.69, 9.17) is 10.5 Å². The molecule has 0 bridgehead atoms. The number of benzene rings is 1. The Kier molecular flexibility index (Phi) is 5.28. The molecule has 1 aromatic carbocycles. The Hall–Kier alpha value is -1.94. The molecule has 1 atom stereocenters. The first-order valence-corrected chi connectivity index (χ1v) is 7.17. The van der Waals surface area contributed by atoms with Crippen molar-refractivity contribution in [2.24, 2.45) is 5.73 Å². The quantitative estimate of drug-likeness (QED) is 0.886. The summed E-state index contributed by atoms with van der Waals surface area (Å²) in [6, 6.07) is 8.64. The summed E-state index contributed by atoms with van der Waals surface area (Å²) in [6.45, 7) is 4.32. The van der Waals surface area contributed by atoms with Crippen molar-refractivity contribution in [1.82, 2.24) is 4.98 Å². The monoisotopic (exact) mass is 288 g/mol. The van der Waals surface area contributed by atoms with Crippen LogP contribution in [0.5, 0.6) is 5.75 Å². The van der Waals surface area contributed by atoms with Crippen LogP contribution in [0.25, 0.3) is 0 Å². The van der Waals surface area contributed by atoms with E-state index in [9.17, 15) is 4.39 Å². The van der Waals surface area contributed by atoms with Crippen LogP contribution in [0.15, 0.2) is 36.5 Å². The summed E-state index contributed by atoms with van der Waals surface area (Å²) in [5.41, 5.74) is 8.69. The number of halogens is 1. The van der Waals surface area contributed by atoms with E-state index < -0.39 is 0 Å². The van der Waals surface area contributed by atoms with E-state index in [-0.39, 0.29) is 11.9 Å². The van der Waals surface area contributed by atoms with E-state index in [2.05, 4.69) is 4.98 Å². The fourth-order valence-electron chi connectivity index (χ4n) is 2.09. The Morgan fingerprint density at radius 3 is 2.86 bits per heavy atom. The van der Waals surface area contributed by atoms with Gasteiger partial charge in [0.1, 0.15) is 18.2 Å². The second kappa shape index (κ2) is 7.18. The third-order valence-electron chi connectivity index (χ3n) is 3.45. The molecule has 0 fully saturated rings. The van der Waals surface area contributed by atoms with Crippen molar-refractivity contribution in [3.63, 3.8) is 0 Å². The molecule has 0 aliphatic carbocycles. The molecule has 1 aromatic heterocycles. The first-order chi connectivity index (χ1) is 10.1. The number of nitrogens with zero attached hydrogens (tertiary/aromatic N) is 1. The topological polar surface area (TPSA) is 48.1 Å². The van der Waals surface area contributed by atoms with Crippen LogP contribution in [-0.4, -0.2) is 11.0 Å². The van der Waals surface area contributed by atoms with Gasteiger partial charge in [0.2, 0.25) is 0 Å². The first-order valence-electron chi connectivity index (χ1n) is 7.17. The van der Waals surface area contributed by atoms with Gasteiger partial charge in [0, 0.05) is 18.3 Å². The van der Waals surface area contributed by atoms with Gasteiger partial charge in [0.15, 0.2) is 0 Å². The van der Waals surface area contributed by atoms with Gasteiger partial charge in [0.05, 0.1) is 5.69 Å². The zero-order chi connectivity index (χ0) is 15.2. The third-order valence-corrected chi connectivity index (χ3v) is 3.45. The molecule has 1 heterocycles. The minimum absolute atomic E-state index is 0.0395. The average molecular weight is 288 g/mol. The number of pyridine rings is 1. The molecule has 2 aromatic rings. The van der Waals surface area contributed by atoms with Gasteiger partial charge in [-0.1, -0.05) is 13.0 Å². The van der Waals surface area contributed by atoms with Crippen LogP contribution >= 0.6 is 0 Å². The molecule has 0 radical (unpaired) electrons. The Morgan fingerprint density at radius 2 is 2.14 bits per heavy atom. The highest BCUT2D eigenvalue weighted by Gasteiger charge is 2.07. The summed E-state index contributed by atoms with van der Waals surface area (Å²) in [5, 5.41) is 0. The fourth-order valence-corrected chi connectivity index (χ4v) is 2.09. The SMILES string of the molecule is CCC(N)Cc1cc(F)cc(OCc2ncccc2C)c1. The zero-order valence-corrected chi connectivity index (χ0v) is 12.5. The van der Waals surface area contributed by atoms with Gasteiger partial charge in [-0.25, -0.2) is 4.39 Å². The lowest BCUT2D eigenvalue weighted by atomic mass is 10.0. The van der Waals surface area contributed by atoms with Crippen molar-refractivity contribution in [3.8, 4) is 5.75 Å². The Balaban J connectivity index is 2.08. The van der Waals surface area contributed by atoms with Crippen molar-refractivity contribution >= 4 is 0 Å². The molecule has 21 heavy (non-hydrogen) atoms. The molecular weight excluding hydrogens is 267 g/mol. The van der Waals surface area contributed by atoms with Gasteiger partial charge in [-0.2, -0.15) is 0 Å². The minimum atomic E-state index is -0.302. The zero-order valence-electron chi connectivity index (χ0n) is 12.5. The van der Waals surface area contributed by atoms with Crippen molar-refractivity contribution in [2.45, 2.75) is 39.3 Å². The first kappa shape index (κ1) is 15.4. The predicted octanol–water partition coefficient (Wildman–Crippen LogP) is 3.39. The number of ether oxygens (including phenoxy) is 1. The largest absolute Gasteiger partial charge is 0.487 e. The van der Waals surface area contributed by atoms with Crippen molar-refractivity contribution < 1.29 is 9.13 Å². The molecule has 0 amide bonds. The average Bonchev–Trinajstić information content (AvgIpc) is 2.45. The lowest BCUT2D eigenvalue weighted by Crippen LogP contribution is -2.21. The number of hydrogen-bond acceptors (Lipinski definition) is 3. The second-order valence-corrected chi connectivity index (χ2v) is 5.22. The summed E-state index contributed by atoms with van der Waals surface area (Å²) < 4.78 is 19.3. The Bertz CT molecular complexity index is 601. The van der Waals surface area contributed by atoms with Crippen LogP contribution in [0, 0.1) is 12.7 Å². The summed E-state index contributed by atoms with van der Waals surface area (Å²) in [7, 11) is 0. The predicted molar refractivity (Wildman–Crippen MR) is 81.7 cm³/mol. The van der Waals surface area contributed by atoms with Gasteiger partial charge >= 0.3 is 0 Å². The fraction of sp³-hybridized carbons (Fsp3) is 0.353. The maximum absolute atomic E-state index is 13.7. The van der Waals surface area contributed by atoms with Crippen molar-refractivity contribution in [1.29, 1.82) is 0 Å². The van der Waals surface area contributed by atoms with Crippen LogP contribution in [0.4, 0.5) is 4.39 Å². The highest BCUT2D eigenvalue weighted by atomic mass is 19.1. The summed E-state index contributed by atoms with van der Waals surface area (Å²) in [6.07, 6.45) is 3.23. The van der Waals surface area contributed by atoms with E-state index in [0.29, 0.717) is 18.8 Å². The molecule has 1 unspecified atom stereocenters. The molecule has 0 aliphatic rings. The van der Waals surface area contributed by atoms with Gasteiger partial charge in [0.25, 0.3) is 0 Å². The van der Waals surface area contributed by atoms with Gasteiger partial charge in [-0.3, -0.25) is 4.98 Å². The maximum atomic E-state index is 13.7. The van der Waals surface area contributed by atoms with Gasteiger partial charge in [-0.15, -0.1) is 0 Å². The van der Waals surface area contributed by atoms with Crippen LogP contribution in [-0.2, 0) is 13.0 Å². The molecule has 0 saturated heterocycles. The Labute approximate surface area is 125 Å². The van der Waals surface area contributed by atoms with E-state index in [0.717, 1.165) is 23.2 Å². The number of hydrogen-bond donors (Lipinski definition) is 1. The molecule has 0 saturated carbocycles. The molecule has 2 N–H and O–H groups in total. The van der Waals surface area contributed by atoms with E-state index in [1.807, 2.05) is 32.0 Å². The third kappa shape index (κ3) is 4.53. The van der Waals surface area contributed by atoms with Gasteiger partial charge < -0.3 is 10.5 Å². The molecule has 2 rings (SSSR count). The van der Waals surface area contributed by atoms with Gasteiger partial charge in [-0.05, 0) is 49.1 Å². The normalized spacial score (nSPS) is 12.2.